The molecule has 1 fully saturated rings. The fourth-order valence-corrected chi connectivity index (χ4v) is 6.12. The Bertz CT molecular complexity index is 1560. The van der Waals surface area contributed by atoms with Crippen LogP contribution in [0.25, 0.3) is 11.3 Å². The number of carbonyl (C=O) groups is 1. The van der Waals surface area contributed by atoms with Crippen molar-refractivity contribution in [1.82, 2.24) is 19.7 Å². The van der Waals surface area contributed by atoms with E-state index in [1.807, 2.05) is 19.9 Å². The van der Waals surface area contributed by atoms with Crippen LogP contribution in [0, 0.1) is 12.8 Å². The fourth-order valence-electron chi connectivity index (χ4n) is 5.18. The molecule has 0 saturated carbocycles. The number of ether oxygens (including phenoxy) is 3. The van der Waals surface area contributed by atoms with Gasteiger partial charge in [0.1, 0.15) is 18.2 Å². The summed E-state index contributed by atoms with van der Waals surface area (Å²) in [5.74, 6) is 0.446. The molecule has 4 rings (SSSR count). The van der Waals surface area contributed by atoms with Crippen molar-refractivity contribution in [2.75, 3.05) is 50.2 Å². The van der Waals surface area contributed by atoms with Gasteiger partial charge in [0.25, 0.3) is 15.9 Å². The number of anilines is 2. The number of carbonyl (C=O) groups excluding carboxylic acids is 1. The molecule has 0 spiro atoms. The molecule has 4 heterocycles. The number of amides is 1. The predicted molar refractivity (Wildman–Crippen MR) is 168 cm³/mol. The number of nitrogens with one attached hydrogen (secondary N) is 1. The Hall–Kier alpha value is -3.81. The zero-order chi connectivity index (χ0) is 31.2. The summed E-state index contributed by atoms with van der Waals surface area (Å²) in [5.41, 5.74) is 7.61. The molecule has 1 amide bonds. The van der Waals surface area contributed by atoms with Gasteiger partial charge < -0.3 is 24.8 Å². The molecule has 43 heavy (non-hydrogen) atoms. The number of aromatic nitrogens is 3. The number of sulfonamides is 1. The van der Waals surface area contributed by atoms with Crippen molar-refractivity contribution >= 4 is 27.6 Å². The second-order valence-electron chi connectivity index (χ2n) is 11.1. The zero-order valence-corrected chi connectivity index (χ0v) is 26.1. The number of aryl methyl sites for hydroxylation is 1. The van der Waals surface area contributed by atoms with E-state index in [-0.39, 0.29) is 24.8 Å². The predicted octanol–water partition coefficient (Wildman–Crippen LogP) is 4.10. The van der Waals surface area contributed by atoms with E-state index in [1.54, 1.807) is 18.3 Å². The van der Waals surface area contributed by atoms with Crippen LogP contribution in [0.1, 0.15) is 52.9 Å². The van der Waals surface area contributed by atoms with E-state index in [1.165, 1.54) is 18.2 Å². The summed E-state index contributed by atoms with van der Waals surface area (Å²) >= 11 is 0. The Morgan fingerprint density at radius 1 is 1.14 bits per heavy atom. The van der Waals surface area contributed by atoms with E-state index in [0.717, 1.165) is 17.5 Å². The van der Waals surface area contributed by atoms with E-state index in [2.05, 4.69) is 40.4 Å². The molecular weight excluding hydrogens is 572 g/mol. The van der Waals surface area contributed by atoms with Gasteiger partial charge in [-0.05, 0) is 70.4 Å². The number of nitrogens with zero attached hydrogens (tertiary/aromatic N) is 4. The first-order chi connectivity index (χ1) is 20.4. The van der Waals surface area contributed by atoms with Crippen LogP contribution >= 0.6 is 0 Å². The standard InChI is InChI=1S/C30H40N6O6S.2H2/c1-6-40-12-13-41-14-15-42-29-21(3)16-22(18-32-29)24-11-10-23(27(33-24)36-19-20(2)17-30(36,4)5)28(37)35-43(38,39)26-9-7-8-25(31)34-26;;/h7-11,16,18,20H,6,12-15,17,19H2,1-5H3,(H2,31,34)(H,35,37);2*1H/t20-;;/m0../s1. The smallest absolute Gasteiger partial charge is 0.281 e. The molecule has 0 unspecified atom stereocenters. The molecule has 3 N–H and O–H groups in total. The Morgan fingerprint density at radius 3 is 2.56 bits per heavy atom. The third kappa shape index (κ3) is 7.98. The van der Waals surface area contributed by atoms with E-state index >= 15 is 0 Å². The maximum absolute atomic E-state index is 13.5. The van der Waals surface area contributed by atoms with Crippen molar-refractivity contribution in [3.05, 3.63) is 53.7 Å². The first-order valence-corrected chi connectivity index (χ1v) is 15.7. The van der Waals surface area contributed by atoms with Gasteiger partial charge in [0, 0.05) is 38.9 Å². The van der Waals surface area contributed by atoms with E-state index in [4.69, 9.17) is 24.9 Å². The van der Waals surface area contributed by atoms with Crippen molar-refractivity contribution in [1.29, 1.82) is 0 Å². The van der Waals surface area contributed by atoms with E-state index in [0.29, 0.717) is 62.9 Å². The summed E-state index contributed by atoms with van der Waals surface area (Å²) in [4.78, 5) is 28.8. The highest BCUT2D eigenvalue weighted by molar-refractivity contribution is 7.90. The second-order valence-corrected chi connectivity index (χ2v) is 12.8. The van der Waals surface area contributed by atoms with Crippen LogP contribution in [-0.2, 0) is 19.5 Å². The molecule has 13 heteroatoms. The lowest BCUT2D eigenvalue weighted by molar-refractivity contribution is 0.0398. The summed E-state index contributed by atoms with van der Waals surface area (Å²) in [5, 5.41) is -0.344. The molecule has 0 bridgehead atoms. The van der Waals surface area contributed by atoms with Crippen molar-refractivity contribution in [2.24, 2.45) is 5.92 Å². The average Bonchev–Trinajstić information content (AvgIpc) is 3.24. The monoisotopic (exact) mass is 616 g/mol. The topological polar surface area (TPSA) is 159 Å². The van der Waals surface area contributed by atoms with Gasteiger partial charge in [0.2, 0.25) is 5.88 Å². The Kier molecular flexibility index (Phi) is 10.2. The minimum atomic E-state index is -4.27. The third-order valence-electron chi connectivity index (χ3n) is 7.06. The van der Waals surface area contributed by atoms with Crippen LogP contribution in [0.4, 0.5) is 11.6 Å². The molecule has 236 valence electrons. The number of hydrogen-bond donors (Lipinski definition) is 2. The SMILES string of the molecule is CCOCCOCCOc1ncc(-c2ccc(C(=O)NS(=O)(=O)c3cccc(N)n3)c(N3C[C@@H](C)CC3(C)C)n2)cc1C.[HH].[HH]. The van der Waals surface area contributed by atoms with Gasteiger partial charge in [-0.25, -0.2) is 19.7 Å². The molecule has 0 radical (unpaired) electrons. The fraction of sp³-hybridized carbons (Fsp3) is 0.467. The van der Waals surface area contributed by atoms with Gasteiger partial charge in [0.05, 0.1) is 31.1 Å². The number of nitrogen functional groups attached to an aromatic ring is 1. The minimum Gasteiger partial charge on any atom is -0.475 e. The molecule has 0 aliphatic carbocycles. The van der Waals surface area contributed by atoms with Crippen molar-refractivity contribution in [2.45, 2.75) is 51.6 Å². The van der Waals surface area contributed by atoms with Gasteiger partial charge in [-0.2, -0.15) is 8.42 Å². The summed E-state index contributed by atoms with van der Waals surface area (Å²) in [6.45, 7) is 13.2. The normalized spacial score (nSPS) is 16.3. The van der Waals surface area contributed by atoms with Crippen LogP contribution in [0.15, 0.2) is 47.6 Å². The van der Waals surface area contributed by atoms with Crippen molar-refractivity contribution < 1.29 is 30.3 Å². The van der Waals surface area contributed by atoms with E-state index in [9.17, 15) is 13.2 Å². The molecular formula is C30H44N6O6S. The first-order valence-electron chi connectivity index (χ1n) is 14.2. The molecule has 0 aromatic carbocycles. The summed E-state index contributed by atoms with van der Waals surface area (Å²) in [6, 6.07) is 9.39. The quantitative estimate of drug-likeness (QED) is 0.266. The third-order valence-corrected chi connectivity index (χ3v) is 8.30. The van der Waals surface area contributed by atoms with Crippen molar-refractivity contribution in [3.63, 3.8) is 0 Å². The van der Waals surface area contributed by atoms with Crippen LogP contribution in [0.5, 0.6) is 5.88 Å². The largest absolute Gasteiger partial charge is 0.475 e. The van der Waals surface area contributed by atoms with Crippen LogP contribution in [-0.4, -0.2) is 74.4 Å². The average molecular weight is 617 g/mol. The number of nitrogens with two attached hydrogens (primary N) is 1. The highest BCUT2D eigenvalue weighted by Crippen LogP contribution is 2.38. The molecule has 3 aromatic heterocycles. The van der Waals surface area contributed by atoms with Gasteiger partial charge in [0.15, 0.2) is 5.03 Å². The number of hydrogen-bond acceptors (Lipinski definition) is 11. The Balaban J connectivity index is 0.00000353. The number of pyridine rings is 3. The summed E-state index contributed by atoms with van der Waals surface area (Å²) in [7, 11) is -4.27. The molecule has 1 atom stereocenters. The maximum atomic E-state index is 13.5. The maximum Gasteiger partial charge on any atom is 0.281 e. The van der Waals surface area contributed by atoms with Crippen LogP contribution in [0.2, 0.25) is 0 Å². The first kappa shape index (κ1) is 32.1. The van der Waals surface area contributed by atoms with Crippen molar-refractivity contribution in [3.8, 4) is 17.1 Å². The Labute approximate surface area is 256 Å². The molecule has 1 aliphatic rings. The van der Waals surface area contributed by atoms with Gasteiger partial charge >= 0.3 is 0 Å². The van der Waals surface area contributed by atoms with Gasteiger partial charge in [-0.15, -0.1) is 0 Å². The zero-order valence-electron chi connectivity index (χ0n) is 25.3. The second kappa shape index (κ2) is 13.7. The Morgan fingerprint density at radius 2 is 1.88 bits per heavy atom. The van der Waals surface area contributed by atoms with Crippen LogP contribution < -0.4 is 20.1 Å². The lowest BCUT2D eigenvalue weighted by atomic mass is 9.97. The van der Waals surface area contributed by atoms with E-state index < -0.39 is 15.9 Å². The molecule has 3 aromatic rings. The lowest BCUT2D eigenvalue weighted by Crippen LogP contribution is -2.41. The summed E-state index contributed by atoms with van der Waals surface area (Å²) < 4.78 is 44.6. The lowest BCUT2D eigenvalue weighted by Gasteiger charge is -2.34. The van der Waals surface area contributed by atoms with Gasteiger partial charge in [-0.1, -0.05) is 13.0 Å². The minimum absolute atomic E-state index is 0. The summed E-state index contributed by atoms with van der Waals surface area (Å²) in [6.07, 6.45) is 2.55. The molecule has 1 aliphatic heterocycles. The molecule has 1 saturated heterocycles. The van der Waals surface area contributed by atoms with Gasteiger partial charge in [-0.3, -0.25) is 4.79 Å². The highest BCUT2D eigenvalue weighted by atomic mass is 32.2. The molecule has 12 nitrogen and oxygen atoms in total. The number of rotatable bonds is 13. The highest BCUT2D eigenvalue weighted by Gasteiger charge is 2.39. The van der Waals surface area contributed by atoms with Crippen LogP contribution in [0.3, 0.4) is 0 Å².